The predicted octanol–water partition coefficient (Wildman–Crippen LogP) is 4.12. The molecule has 0 bridgehead atoms. The molecule has 9 nitrogen and oxygen atoms in total. The van der Waals surface area contributed by atoms with Crippen molar-refractivity contribution in [2.24, 2.45) is 0 Å². The lowest BCUT2D eigenvalue weighted by molar-refractivity contribution is -0.0497. The summed E-state index contributed by atoms with van der Waals surface area (Å²) < 4.78 is 13.7. The summed E-state index contributed by atoms with van der Waals surface area (Å²) in [6.45, 7) is 11.8. The maximum atomic E-state index is 12.8. The maximum Gasteiger partial charge on any atom is 0.414 e. The lowest BCUT2D eigenvalue weighted by Crippen LogP contribution is -2.54. The molecule has 4 rings (SSSR count). The van der Waals surface area contributed by atoms with Gasteiger partial charge in [0.25, 0.3) is 0 Å². The number of hydrogen-bond acceptors (Lipinski definition) is 6. The van der Waals surface area contributed by atoms with Gasteiger partial charge in [0.1, 0.15) is 5.60 Å². The highest BCUT2D eigenvalue weighted by Crippen LogP contribution is 2.36. The van der Waals surface area contributed by atoms with Crippen molar-refractivity contribution in [3.8, 4) is 5.88 Å². The van der Waals surface area contributed by atoms with Crippen molar-refractivity contribution in [1.82, 2.24) is 14.7 Å². The summed E-state index contributed by atoms with van der Waals surface area (Å²) in [7, 11) is 0. The summed E-state index contributed by atoms with van der Waals surface area (Å²) in [6.07, 6.45) is 4.01. The number of anilines is 1. The molecule has 1 aromatic carbocycles. The molecule has 0 aliphatic carbocycles. The van der Waals surface area contributed by atoms with Gasteiger partial charge in [-0.25, -0.2) is 9.59 Å². The van der Waals surface area contributed by atoms with E-state index >= 15 is 0 Å². The number of aromatic carboxylic acids is 1. The van der Waals surface area contributed by atoms with Gasteiger partial charge in [-0.05, 0) is 52.0 Å². The fraction of sp³-hybridized carbons (Fsp3) is 0.560. The van der Waals surface area contributed by atoms with Crippen LogP contribution in [0.2, 0.25) is 0 Å². The summed E-state index contributed by atoms with van der Waals surface area (Å²) in [5, 5.41) is 13.7. The van der Waals surface area contributed by atoms with Crippen LogP contribution in [0.4, 0.5) is 10.5 Å². The van der Waals surface area contributed by atoms with Crippen LogP contribution >= 0.6 is 0 Å². The van der Waals surface area contributed by atoms with Crippen molar-refractivity contribution in [2.75, 3.05) is 31.1 Å². The lowest BCUT2D eigenvalue weighted by Gasteiger charge is -2.45. The molecular formula is C25H34N4O5. The molecular weight excluding hydrogens is 436 g/mol. The summed E-state index contributed by atoms with van der Waals surface area (Å²) in [5.74, 6) is -0.302. The third-order valence-corrected chi connectivity index (χ3v) is 6.62. The molecule has 0 atom stereocenters. The van der Waals surface area contributed by atoms with Crippen LogP contribution < -0.4 is 9.64 Å². The molecule has 0 unspecified atom stereocenters. The molecule has 184 valence electrons. The van der Waals surface area contributed by atoms with Gasteiger partial charge in [-0.3, -0.25) is 14.5 Å². The topological polar surface area (TPSA) is 97.1 Å². The van der Waals surface area contributed by atoms with Gasteiger partial charge in [0.15, 0.2) is 0 Å². The van der Waals surface area contributed by atoms with Gasteiger partial charge in [-0.15, -0.1) is 5.10 Å². The molecule has 3 heterocycles. The van der Waals surface area contributed by atoms with E-state index in [9.17, 15) is 9.59 Å². The number of amides is 1. The lowest BCUT2D eigenvalue weighted by atomic mass is 9.86. The zero-order chi connectivity index (χ0) is 24.5. The quantitative estimate of drug-likeness (QED) is 0.678. The summed E-state index contributed by atoms with van der Waals surface area (Å²) in [4.78, 5) is 27.8. The van der Waals surface area contributed by atoms with E-state index in [1.807, 2.05) is 11.6 Å². The standard InChI is InChI=1S/C25H34N4O5/c1-5-33-21-19(17-29(26-21)24(2,3)4)16-27-13-10-25(11-14-27)12-15-28(23(32)34-25)20-8-6-18(7-9-20)22(30)31/h6-9,17H,5,10-16H2,1-4H3,(H,30,31). The first-order valence-corrected chi connectivity index (χ1v) is 11.9. The fourth-order valence-corrected chi connectivity index (χ4v) is 4.53. The molecule has 2 aliphatic rings. The second-order valence-corrected chi connectivity index (χ2v) is 10.1. The Balaban J connectivity index is 1.36. The van der Waals surface area contributed by atoms with E-state index in [0.717, 1.165) is 44.5 Å². The van der Waals surface area contributed by atoms with Crippen LogP contribution in [0.25, 0.3) is 0 Å². The predicted molar refractivity (Wildman–Crippen MR) is 127 cm³/mol. The molecule has 1 aromatic heterocycles. The Morgan fingerprint density at radius 1 is 1.15 bits per heavy atom. The van der Waals surface area contributed by atoms with Gasteiger partial charge >= 0.3 is 12.1 Å². The number of carboxylic acid groups (broad SMARTS) is 1. The Morgan fingerprint density at radius 3 is 2.35 bits per heavy atom. The molecule has 1 N–H and O–H groups in total. The van der Waals surface area contributed by atoms with E-state index in [2.05, 4.69) is 37.0 Å². The average molecular weight is 471 g/mol. The highest BCUT2D eigenvalue weighted by molar-refractivity contribution is 5.91. The normalized spacial score (nSPS) is 18.7. The van der Waals surface area contributed by atoms with E-state index in [4.69, 9.17) is 14.6 Å². The smallest absolute Gasteiger partial charge is 0.414 e. The summed E-state index contributed by atoms with van der Waals surface area (Å²) in [6, 6.07) is 6.32. The van der Waals surface area contributed by atoms with Crippen molar-refractivity contribution in [3.63, 3.8) is 0 Å². The number of likely N-dealkylation sites (tertiary alicyclic amines) is 1. The van der Waals surface area contributed by atoms with Crippen molar-refractivity contribution < 1.29 is 24.2 Å². The second-order valence-electron chi connectivity index (χ2n) is 10.1. The van der Waals surface area contributed by atoms with Crippen LogP contribution in [-0.4, -0.2) is 63.7 Å². The molecule has 34 heavy (non-hydrogen) atoms. The minimum atomic E-state index is -0.988. The Labute approximate surface area is 200 Å². The highest BCUT2D eigenvalue weighted by atomic mass is 16.6. The number of aromatic nitrogens is 2. The number of carboxylic acids is 1. The first-order valence-electron chi connectivity index (χ1n) is 11.9. The van der Waals surface area contributed by atoms with Crippen molar-refractivity contribution in [1.29, 1.82) is 0 Å². The molecule has 0 radical (unpaired) electrons. The van der Waals surface area contributed by atoms with E-state index in [-0.39, 0.29) is 17.2 Å². The molecule has 9 heteroatoms. The zero-order valence-electron chi connectivity index (χ0n) is 20.4. The van der Waals surface area contributed by atoms with Crippen LogP contribution in [0.15, 0.2) is 30.5 Å². The number of carbonyl (C=O) groups is 2. The molecule has 2 aliphatic heterocycles. The van der Waals surface area contributed by atoms with Crippen molar-refractivity contribution in [3.05, 3.63) is 41.6 Å². The number of benzene rings is 1. The number of ether oxygens (including phenoxy) is 2. The van der Waals surface area contributed by atoms with E-state index in [0.29, 0.717) is 24.7 Å². The number of carbonyl (C=O) groups excluding carboxylic acids is 1. The van der Waals surface area contributed by atoms with Gasteiger partial charge in [-0.1, -0.05) is 0 Å². The summed E-state index contributed by atoms with van der Waals surface area (Å²) in [5.41, 5.74) is 1.36. The Hall–Kier alpha value is -3.07. The number of rotatable bonds is 6. The fourth-order valence-electron chi connectivity index (χ4n) is 4.53. The van der Waals surface area contributed by atoms with Crippen molar-refractivity contribution in [2.45, 2.75) is 64.6 Å². The third kappa shape index (κ3) is 5.04. The average Bonchev–Trinajstić information content (AvgIpc) is 3.19. The van der Waals surface area contributed by atoms with Crippen LogP contribution in [-0.2, 0) is 16.8 Å². The van der Waals surface area contributed by atoms with E-state index in [1.165, 1.54) is 12.1 Å². The van der Waals surface area contributed by atoms with Gasteiger partial charge < -0.3 is 14.6 Å². The summed E-state index contributed by atoms with van der Waals surface area (Å²) >= 11 is 0. The van der Waals surface area contributed by atoms with Crippen LogP contribution in [0.5, 0.6) is 5.88 Å². The number of piperidine rings is 1. The van der Waals surface area contributed by atoms with E-state index < -0.39 is 11.6 Å². The molecule has 2 aromatic rings. The Bertz CT molecular complexity index is 1030. The maximum absolute atomic E-state index is 12.8. The first kappa shape index (κ1) is 24.1. The van der Waals surface area contributed by atoms with Gasteiger partial charge in [0.2, 0.25) is 5.88 Å². The van der Waals surface area contributed by atoms with Crippen LogP contribution in [0, 0.1) is 0 Å². The number of nitrogens with zero attached hydrogens (tertiary/aromatic N) is 4. The minimum absolute atomic E-state index is 0.119. The SMILES string of the molecule is CCOc1nn(C(C)(C)C)cc1CN1CCC2(CC1)CCN(c1ccc(C(=O)O)cc1)C(=O)O2. The van der Waals surface area contributed by atoms with Crippen LogP contribution in [0.1, 0.15) is 62.9 Å². The Kier molecular flexibility index (Phi) is 6.58. The Morgan fingerprint density at radius 2 is 1.79 bits per heavy atom. The third-order valence-electron chi connectivity index (χ3n) is 6.62. The molecule has 1 spiro atoms. The van der Waals surface area contributed by atoms with Gasteiger partial charge in [0, 0.05) is 62.9 Å². The first-order chi connectivity index (χ1) is 16.1. The molecule has 2 saturated heterocycles. The number of hydrogen-bond donors (Lipinski definition) is 1. The molecule has 2 fully saturated rings. The van der Waals surface area contributed by atoms with Gasteiger partial charge in [0.05, 0.1) is 17.7 Å². The second kappa shape index (κ2) is 9.29. The van der Waals surface area contributed by atoms with Gasteiger partial charge in [-0.2, -0.15) is 0 Å². The molecule has 0 saturated carbocycles. The van der Waals surface area contributed by atoms with E-state index in [1.54, 1.807) is 17.0 Å². The zero-order valence-corrected chi connectivity index (χ0v) is 20.4. The van der Waals surface area contributed by atoms with Crippen LogP contribution in [0.3, 0.4) is 0 Å². The minimum Gasteiger partial charge on any atom is -0.478 e. The highest BCUT2D eigenvalue weighted by Gasteiger charge is 2.43. The molecule has 1 amide bonds. The largest absolute Gasteiger partial charge is 0.478 e. The van der Waals surface area contributed by atoms with Crippen molar-refractivity contribution >= 4 is 17.7 Å². The monoisotopic (exact) mass is 470 g/mol.